The highest BCUT2D eigenvalue weighted by molar-refractivity contribution is 8.00. The summed E-state index contributed by atoms with van der Waals surface area (Å²) in [7, 11) is 1.65. The number of hydrogen-bond acceptors (Lipinski definition) is 5. The topological polar surface area (TPSA) is 57.0 Å². The van der Waals surface area contributed by atoms with Crippen LogP contribution in [0, 0.1) is 0 Å². The molecule has 2 aromatic carbocycles. The predicted molar refractivity (Wildman–Crippen MR) is 106 cm³/mol. The first kappa shape index (κ1) is 17.8. The zero-order valence-electron chi connectivity index (χ0n) is 15.2. The van der Waals surface area contributed by atoms with Gasteiger partial charge in [0.05, 0.1) is 12.4 Å². The smallest absolute Gasteiger partial charge is 0.196 e. The van der Waals surface area contributed by atoms with Crippen LogP contribution in [0.5, 0.6) is 5.75 Å². The first-order valence-electron chi connectivity index (χ1n) is 9.11. The van der Waals surface area contributed by atoms with Gasteiger partial charge in [-0.15, -0.1) is 10.2 Å². The van der Waals surface area contributed by atoms with Gasteiger partial charge in [-0.2, -0.15) is 0 Å². The average molecular weight is 379 g/mol. The molecule has 1 atom stereocenters. The molecule has 1 heterocycles. The van der Waals surface area contributed by atoms with Gasteiger partial charge < -0.3 is 4.74 Å². The predicted octanol–water partition coefficient (Wildman–Crippen LogP) is 4.55. The summed E-state index contributed by atoms with van der Waals surface area (Å²) in [4.78, 5) is 12.3. The van der Waals surface area contributed by atoms with Gasteiger partial charge in [0.1, 0.15) is 11.5 Å². The summed E-state index contributed by atoms with van der Waals surface area (Å²) < 4.78 is 7.29. The van der Waals surface area contributed by atoms with Crippen LogP contribution < -0.4 is 4.74 Å². The largest absolute Gasteiger partial charge is 0.497 e. The third-order valence-electron chi connectivity index (χ3n) is 4.74. The maximum Gasteiger partial charge on any atom is 0.196 e. The number of benzene rings is 2. The lowest BCUT2D eigenvalue weighted by Gasteiger charge is -2.19. The monoisotopic (exact) mass is 379 g/mol. The molecule has 1 aliphatic carbocycles. The minimum Gasteiger partial charge on any atom is -0.497 e. The molecule has 0 aliphatic heterocycles. The van der Waals surface area contributed by atoms with E-state index in [0.29, 0.717) is 12.2 Å². The fourth-order valence-corrected chi connectivity index (χ4v) is 4.46. The summed E-state index contributed by atoms with van der Waals surface area (Å²) in [6.45, 7) is 0. The van der Waals surface area contributed by atoms with Gasteiger partial charge in [0.25, 0.3) is 0 Å². The maximum atomic E-state index is 12.3. The van der Waals surface area contributed by atoms with Gasteiger partial charge in [0.2, 0.25) is 0 Å². The Bertz CT molecular complexity index is 922. The van der Waals surface area contributed by atoms with Crippen LogP contribution in [0.25, 0.3) is 17.1 Å². The Balaban J connectivity index is 1.75. The molecule has 0 spiro atoms. The molecule has 0 N–H and O–H groups in total. The average Bonchev–Trinajstić information content (AvgIpc) is 3.14. The van der Waals surface area contributed by atoms with Crippen LogP contribution in [0.15, 0.2) is 59.8 Å². The first-order chi connectivity index (χ1) is 13.3. The van der Waals surface area contributed by atoms with Crippen LogP contribution in [-0.2, 0) is 4.79 Å². The fraction of sp³-hybridized carbons (Fsp3) is 0.286. The van der Waals surface area contributed by atoms with Crippen molar-refractivity contribution in [1.82, 2.24) is 14.8 Å². The Labute approximate surface area is 162 Å². The molecule has 138 valence electrons. The summed E-state index contributed by atoms with van der Waals surface area (Å²) in [6.07, 6.45) is 3.66. The molecule has 3 aromatic rings. The van der Waals surface area contributed by atoms with E-state index in [1.807, 2.05) is 59.2 Å². The van der Waals surface area contributed by atoms with Crippen molar-refractivity contribution in [3.8, 4) is 22.8 Å². The van der Waals surface area contributed by atoms with Crippen LogP contribution in [0.4, 0.5) is 0 Å². The van der Waals surface area contributed by atoms with E-state index in [4.69, 9.17) is 4.74 Å². The highest BCUT2D eigenvalue weighted by atomic mass is 32.2. The molecular formula is C21H21N3O2S. The summed E-state index contributed by atoms with van der Waals surface area (Å²) >= 11 is 1.53. The SMILES string of the molecule is COc1ccc(-c2nnc(SC3CCCCC3=O)n2-c2ccccc2)cc1. The normalized spacial score (nSPS) is 17.1. The van der Waals surface area contributed by atoms with Gasteiger partial charge in [0.15, 0.2) is 11.0 Å². The lowest BCUT2D eigenvalue weighted by molar-refractivity contribution is -0.119. The van der Waals surface area contributed by atoms with Crippen molar-refractivity contribution in [1.29, 1.82) is 0 Å². The maximum absolute atomic E-state index is 12.3. The van der Waals surface area contributed by atoms with E-state index in [1.165, 1.54) is 11.8 Å². The minimum absolute atomic E-state index is 0.0332. The Morgan fingerprint density at radius 3 is 2.52 bits per heavy atom. The van der Waals surface area contributed by atoms with Crippen molar-refractivity contribution in [3.63, 3.8) is 0 Å². The Morgan fingerprint density at radius 2 is 1.81 bits per heavy atom. The van der Waals surface area contributed by atoms with Crippen LogP contribution in [0.3, 0.4) is 0 Å². The van der Waals surface area contributed by atoms with Crippen LogP contribution in [0.2, 0.25) is 0 Å². The zero-order valence-corrected chi connectivity index (χ0v) is 16.0. The Hall–Kier alpha value is -2.60. The molecule has 27 heavy (non-hydrogen) atoms. The number of carbonyl (C=O) groups excluding carboxylic acids is 1. The van der Waals surface area contributed by atoms with Gasteiger partial charge in [-0.05, 0) is 49.2 Å². The van der Waals surface area contributed by atoms with E-state index >= 15 is 0 Å². The molecule has 1 aromatic heterocycles. The summed E-state index contributed by atoms with van der Waals surface area (Å²) in [5.74, 6) is 1.88. The number of ketones is 1. The number of ether oxygens (including phenoxy) is 1. The second-order valence-corrected chi connectivity index (χ2v) is 7.69. The number of para-hydroxylation sites is 1. The highest BCUT2D eigenvalue weighted by Crippen LogP contribution is 2.34. The summed E-state index contributed by atoms with van der Waals surface area (Å²) in [5.41, 5.74) is 1.94. The van der Waals surface area contributed by atoms with Gasteiger partial charge in [-0.3, -0.25) is 9.36 Å². The number of nitrogens with zero attached hydrogens (tertiary/aromatic N) is 3. The third-order valence-corrected chi connectivity index (χ3v) is 6.00. The number of thioether (sulfide) groups is 1. The van der Waals surface area contributed by atoms with Gasteiger partial charge >= 0.3 is 0 Å². The standard InChI is InChI=1S/C21H21N3O2S/c1-26-17-13-11-15(12-14-17)20-22-23-21(24(20)16-7-3-2-4-8-16)27-19-10-6-5-9-18(19)25/h2-4,7-8,11-14,19H,5-6,9-10H2,1H3. The molecular weight excluding hydrogens is 358 g/mol. The van der Waals surface area contributed by atoms with Gasteiger partial charge in [-0.1, -0.05) is 36.4 Å². The van der Waals surface area contributed by atoms with E-state index in [9.17, 15) is 4.79 Å². The Morgan fingerprint density at radius 1 is 1.04 bits per heavy atom. The van der Waals surface area contributed by atoms with E-state index in [1.54, 1.807) is 7.11 Å². The molecule has 1 unspecified atom stereocenters. The van der Waals surface area contributed by atoms with Crippen molar-refractivity contribution in [2.75, 3.05) is 7.11 Å². The molecule has 1 aliphatic rings. The van der Waals surface area contributed by atoms with E-state index in [2.05, 4.69) is 10.2 Å². The quantitative estimate of drug-likeness (QED) is 0.651. The third kappa shape index (κ3) is 3.76. The number of rotatable bonds is 5. The van der Waals surface area contributed by atoms with Gasteiger partial charge in [-0.25, -0.2) is 0 Å². The zero-order chi connectivity index (χ0) is 18.6. The van der Waals surface area contributed by atoms with Crippen molar-refractivity contribution in [3.05, 3.63) is 54.6 Å². The second-order valence-electron chi connectivity index (χ2n) is 6.52. The van der Waals surface area contributed by atoms with E-state index in [-0.39, 0.29) is 5.25 Å². The van der Waals surface area contributed by atoms with Crippen molar-refractivity contribution in [2.24, 2.45) is 0 Å². The van der Waals surface area contributed by atoms with Crippen molar-refractivity contribution < 1.29 is 9.53 Å². The second kappa shape index (κ2) is 7.96. The van der Waals surface area contributed by atoms with Crippen LogP contribution >= 0.6 is 11.8 Å². The Kier molecular flexibility index (Phi) is 5.25. The molecule has 0 amide bonds. The lowest BCUT2D eigenvalue weighted by Crippen LogP contribution is -2.21. The molecule has 6 heteroatoms. The molecule has 1 fully saturated rings. The van der Waals surface area contributed by atoms with Crippen molar-refractivity contribution in [2.45, 2.75) is 36.1 Å². The fourth-order valence-electron chi connectivity index (χ4n) is 3.29. The van der Waals surface area contributed by atoms with Crippen LogP contribution in [0.1, 0.15) is 25.7 Å². The number of hydrogen-bond donors (Lipinski definition) is 0. The number of Topliss-reactive ketones (excluding diaryl/α,β-unsaturated/α-hetero) is 1. The molecule has 5 nitrogen and oxygen atoms in total. The number of aromatic nitrogens is 3. The molecule has 0 saturated heterocycles. The molecule has 1 saturated carbocycles. The summed E-state index contributed by atoms with van der Waals surface area (Å²) in [6, 6.07) is 17.8. The van der Waals surface area contributed by atoms with Crippen LogP contribution in [-0.4, -0.2) is 32.9 Å². The molecule has 0 radical (unpaired) electrons. The highest BCUT2D eigenvalue weighted by Gasteiger charge is 2.26. The van der Waals surface area contributed by atoms with Gasteiger partial charge in [0, 0.05) is 17.7 Å². The minimum atomic E-state index is -0.0332. The number of carbonyl (C=O) groups is 1. The lowest BCUT2D eigenvalue weighted by atomic mass is 9.99. The van der Waals surface area contributed by atoms with E-state index < -0.39 is 0 Å². The van der Waals surface area contributed by atoms with E-state index in [0.717, 1.165) is 47.2 Å². The van der Waals surface area contributed by atoms with Crippen molar-refractivity contribution >= 4 is 17.5 Å². The summed E-state index contributed by atoms with van der Waals surface area (Å²) in [5, 5.41) is 9.60. The number of methoxy groups -OCH3 is 1. The molecule has 4 rings (SSSR count). The first-order valence-corrected chi connectivity index (χ1v) is 9.99. The molecule has 0 bridgehead atoms.